The predicted molar refractivity (Wildman–Crippen MR) is 84.6 cm³/mol. The van der Waals surface area contributed by atoms with Crippen molar-refractivity contribution in [1.29, 1.82) is 0 Å². The number of hydrogen-bond donors (Lipinski definition) is 2. The zero-order chi connectivity index (χ0) is 16.3. The van der Waals surface area contributed by atoms with E-state index < -0.39 is 5.82 Å². The summed E-state index contributed by atoms with van der Waals surface area (Å²) in [6.07, 6.45) is 2.15. The van der Waals surface area contributed by atoms with Gasteiger partial charge in [-0.25, -0.2) is 14.4 Å². The number of halogens is 1. The molecule has 0 saturated heterocycles. The van der Waals surface area contributed by atoms with Gasteiger partial charge in [-0.3, -0.25) is 0 Å². The van der Waals surface area contributed by atoms with E-state index in [1.54, 1.807) is 6.07 Å². The lowest BCUT2D eigenvalue weighted by Gasteiger charge is -2.26. The van der Waals surface area contributed by atoms with Crippen molar-refractivity contribution in [2.75, 3.05) is 19.0 Å². The molecule has 0 aliphatic heterocycles. The second kappa shape index (κ2) is 6.44. The van der Waals surface area contributed by atoms with Crippen LogP contribution in [0.4, 0.5) is 10.2 Å². The van der Waals surface area contributed by atoms with Gasteiger partial charge in [0, 0.05) is 11.5 Å². The number of anilines is 1. The molecule has 5 nitrogen and oxygen atoms in total. The van der Waals surface area contributed by atoms with E-state index in [1.165, 1.54) is 19.5 Å². The Morgan fingerprint density at radius 2 is 2.05 bits per heavy atom. The Balaban J connectivity index is 2.38. The summed E-state index contributed by atoms with van der Waals surface area (Å²) in [6.45, 7) is 6.30. The van der Waals surface area contributed by atoms with Crippen molar-refractivity contribution in [3.63, 3.8) is 0 Å². The summed E-state index contributed by atoms with van der Waals surface area (Å²) in [7, 11) is 1.41. The van der Waals surface area contributed by atoms with Crippen LogP contribution in [0.25, 0.3) is 10.9 Å². The van der Waals surface area contributed by atoms with E-state index in [9.17, 15) is 9.50 Å². The third-order valence-corrected chi connectivity index (χ3v) is 3.33. The first-order chi connectivity index (χ1) is 10.3. The van der Waals surface area contributed by atoms with Crippen LogP contribution in [0.1, 0.15) is 27.2 Å². The van der Waals surface area contributed by atoms with Gasteiger partial charge in [-0.1, -0.05) is 20.8 Å². The number of aromatic nitrogens is 2. The number of hydrogen-bond acceptors (Lipinski definition) is 5. The fraction of sp³-hybridized carbons (Fsp3) is 0.500. The van der Waals surface area contributed by atoms with Crippen LogP contribution in [0.3, 0.4) is 0 Å². The van der Waals surface area contributed by atoms with Crippen molar-refractivity contribution in [3.8, 4) is 5.75 Å². The van der Waals surface area contributed by atoms with E-state index in [2.05, 4.69) is 36.1 Å². The maximum atomic E-state index is 13.8. The SMILES string of the molecule is COc1cc2c(NC(CO)CC(C)(C)C)ncnc2cc1F. The fourth-order valence-corrected chi connectivity index (χ4v) is 2.42. The molecule has 0 aliphatic rings. The van der Waals surface area contributed by atoms with Gasteiger partial charge in [0.2, 0.25) is 0 Å². The molecule has 120 valence electrons. The first-order valence-corrected chi connectivity index (χ1v) is 7.19. The van der Waals surface area contributed by atoms with E-state index in [-0.39, 0.29) is 23.8 Å². The Bertz CT molecular complexity index is 656. The van der Waals surface area contributed by atoms with Crippen LogP contribution in [0.2, 0.25) is 0 Å². The third kappa shape index (κ3) is 3.82. The number of fused-ring (bicyclic) bond motifs is 1. The van der Waals surface area contributed by atoms with Gasteiger partial charge in [0.15, 0.2) is 11.6 Å². The summed E-state index contributed by atoms with van der Waals surface area (Å²) >= 11 is 0. The van der Waals surface area contributed by atoms with Crippen molar-refractivity contribution >= 4 is 16.7 Å². The lowest BCUT2D eigenvalue weighted by atomic mass is 9.88. The van der Waals surface area contributed by atoms with Crippen LogP contribution in [0.15, 0.2) is 18.5 Å². The molecule has 1 aromatic carbocycles. The van der Waals surface area contributed by atoms with E-state index in [4.69, 9.17) is 4.74 Å². The first-order valence-electron chi connectivity index (χ1n) is 7.19. The van der Waals surface area contributed by atoms with Crippen LogP contribution in [0, 0.1) is 11.2 Å². The summed E-state index contributed by atoms with van der Waals surface area (Å²) in [4.78, 5) is 8.30. The van der Waals surface area contributed by atoms with Gasteiger partial charge in [-0.15, -0.1) is 0 Å². The Kier molecular flexibility index (Phi) is 4.81. The number of aliphatic hydroxyl groups excluding tert-OH is 1. The number of methoxy groups -OCH3 is 1. The highest BCUT2D eigenvalue weighted by Crippen LogP contribution is 2.29. The molecular weight excluding hydrogens is 285 g/mol. The lowest BCUT2D eigenvalue weighted by molar-refractivity contribution is 0.233. The van der Waals surface area contributed by atoms with E-state index in [0.717, 1.165) is 6.42 Å². The van der Waals surface area contributed by atoms with Crippen molar-refractivity contribution in [1.82, 2.24) is 9.97 Å². The van der Waals surface area contributed by atoms with Gasteiger partial charge in [-0.2, -0.15) is 0 Å². The quantitative estimate of drug-likeness (QED) is 0.889. The standard InChI is InChI=1S/C16H22FN3O2/c1-16(2,3)7-10(8-21)20-15-11-5-14(22-4)12(17)6-13(11)18-9-19-15/h5-6,9-10,21H,7-8H2,1-4H3,(H,18,19,20). The highest BCUT2D eigenvalue weighted by Gasteiger charge is 2.19. The molecule has 0 spiro atoms. The Labute approximate surface area is 129 Å². The zero-order valence-electron chi connectivity index (χ0n) is 13.4. The van der Waals surface area contributed by atoms with Crippen molar-refractivity contribution in [2.45, 2.75) is 33.2 Å². The van der Waals surface area contributed by atoms with E-state index >= 15 is 0 Å². The van der Waals surface area contributed by atoms with Crippen LogP contribution in [0.5, 0.6) is 5.75 Å². The molecule has 6 heteroatoms. The maximum Gasteiger partial charge on any atom is 0.167 e. The Morgan fingerprint density at radius 1 is 1.32 bits per heavy atom. The molecule has 1 atom stereocenters. The minimum Gasteiger partial charge on any atom is -0.494 e. The van der Waals surface area contributed by atoms with Crippen LogP contribution < -0.4 is 10.1 Å². The van der Waals surface area contributed by atoms with Gasteiger partial charge in [0.25, 0.3) is 0 Å². The van der Waals surface area contributed by atoms with Crippen molar-refractivity contribution in [2.24, 2.45) is 5.41 Å². The predicted octanol–water partition coefficient (Wildman–Crippen LogP) is 2.99. The number of aliphatic hydroxyl groups is 1. The largest absolute Gasteiger partial charge is 0.494 e. The molecule has 0 fully saturated rings. The van der Waals surface area contributed by atoms with Crippen LogP contribution in [-0.4, -0.2) is 34.8 Å². The lowest BCUT2D eigenvalue weighted by Crippen LogP contribution is -2.29. The zero-order valence-corrected chi connectivity index (χ0v) is 13.4. The van der Waals surface area contributed by atoms with Crippen molar-refractivity contribution < 1.29 is 14.2 Å². The molecule has 22 heavy (non-hydrogen) atoms. The molecule has 0 amide bonds. The summed E-state index contributed by atoms with van der Waals surface area (Å²) in [6, 6.07) is 2.74. The van der Waals surface area contributed by atoms with Gasteiger partial charge >= 0.3 is 0 Å². The molecule has 2 aromatic rings. The molecule has 2 rings (SSSR count). The smallest absolute Gasteiger partial charge is 0.167 e. The molecule has 1 heterocycles. The minimum absolute atomic E-state index is 0.0128. The Hall–Kier alpha value is -1.95. The van der Waals surface area contributed by atoms with E-state index in [1.807, 2.05) is 0 Å². The van der Waals surface area contributed by atoms with Crippen molar-refractivity contribution in [3.05, 3.63) is 24.3 Å². The molecule has 0 aliphatic carbocycles. The van der Waals surface area contributed by atoms with Gasteiger partial charge < -0.3 is 15.2 Å². The van der Waals surface area contributed by atoms with Gasteiger partial charge in [0.05, 0.1) is 25.3 Å². The first kappa shape index (κ1) is 16.4. The number of ether oxygens (including phenoxy) is 1. The normalized spacial score (nSPS) is 13.2. The second-order valence-electron chi connectivity index (χ2n) is 6.51. The molecule has 0 saturated carbocycles. The second-order valence-corrected chi connectivity index (χ2v) is 6.51. The number of benzene rings is 1. The highest BCUT2D eigenvalue weighted by molar-refractivity contribution is 5.90. The molecular formula is C16H22FN3O2. The van der Waals surface area contributed by atoms with E-state index in [0.29, 0.717) is 16.7 Å². The molecule has 2 N–H and O–H groups in total. The fourth-order valence-electron chi connectivity index (χ4n) is 2.42. The third-order valence-electron chi connectivity index (χ3n) is 3.33. The number of nitrogens with one attached hydrogen (secondary N) is 1. The summed E-state index contributed by atoms with van der Waals surface area (Å²) in [5.74, 6) is 0.237. The van der Waals surface area contributed by atoms with Gasteiger partial charge in [0.1, 0.15) is 12.1 Å². The monoisotopic (exact) mass is 307 g/mol. The van der Waals surface area contributed by atoms with Gasteiger partial charge in [-0.05, 0) is 17.9 Å². The van der Waals surface area contributed by atoms with Crippen LogP contribution >= 0.6 is 0 Å². The number of nitrogens with zero attached hydrogens (tertiary/aromatic N) is 2. The summed E-state index contributed by atoms with van der Waals surface area (Å²) in [5.41, 5.74) is 0.552. The summed E-state index contributed by atoms with van der Waals surface area (Å²) < 4.78 is 18.8. The average molecular weight is 307 g/mol. The maximum absolute atomic E-state index is 13.8. The Morgan fingerprint density at radius 3 is 2.64 bits per heavy atom. The topological polar surface area (TPSA) is 67.3 Å². The number of rotatable bonds is 5. The molecule has 0 radical (unpaired) electrons. The van der Waals surface area contributed by atoms with Crippen LogP contribution in [-0.2, 0) is 0 Å². The summed E-state index contributed by atoms with van der Waals surface area (Å²) in [5, 5.41) is 13.5. The molecule has 1 unspecified atom stereocenters. The highest BCUT2D eigenvalue weighted by atomic mass is 19.1. The minimum atomic E-state index is -0.465. The molecule has 1 aromatic heterocycles. The molecule has 0 bridgehead atoms. The average Bonchev–Trinajstić information content (AvgIpc) is 2.44.